The average Bonchev–Trinajstić information content (AvgIpc) is 3.14. The van der Waals surface area contributed by atoms with Crippen LogP contribution < -0.4 is 10.1 Å². The van der Waals surface area contributed by atoms with Crippen LogP contribution in [0.3, 0.4) is 0 Å². The van der Waals surface area contributed by atoms with Crippen LogP contribution in [0.2, 0.25) is 0 Å². The maximum Gasteiger partial charge on any atom is 0.134 e. The van der Waals surface area contributed by atoms with Crippen LogP contribution in [-0.4, -0.2) is 28.7 Å². The predicted octanol–water partition coefficient (Wildman–Crippen LogP) is 4.04. The topological polar surface area (TPSA) is 52.0 Å². The molecular weight excluding hydrogens is 331 g/mol. The lowest BCUT2D eigenvalue weighted by Gasteiger charge is -2.04. The van der Waals surface area contributed by atoms with Crippen molar-refractivity contribution < 1.29 is 9.13 Å². The zero-order valence-corrected chi connectivity index (χ0v) is 14.6. The molecule has 134 valence electrons. The molecule has 0 saturated carbocycles. The molecule has 0 unspecified atom stereocenters. The van der Waals surface area contributed by atoms with Crippen molar-refractivity contribution in [1.29, 1.82) is 0 Å². The molecule has 26 heavy (non-hydrogen) atoms. The minimum Gasteiger partial charge on any atom is -0.487 e. The molecule has 0 aliphatic rings. The van der Waals surface area contributed by atoms with E-state index in [0.29, 0.717) is 12.3 Å². The summed E-state index contributed by atoms with van der Waals surface area (Å²) in [5, 5.41) is 10.9. The number of aromatic nitrogens is 3. The molecular formula is C20H21FN4O. The molecule has 5 nitrogen and oxygen atoms in total. The van der Waals surface area contributed by atoms with Gasteiger partial charge >= 0.3 is 0 Å². The van der Waals surface area contributed by atoms with Crippen molar-refractivity contribution in [2.45, 2.75) is 13.2 Å². The fourth-order valence-corrected chi connectivity index (χ4v) is 2.39. The number of hydrogen-bond acceptors (Lipinski definition) is 4. The van der Waals surface area contributed by atoms with Gasteiger partial charge in [0.25, 0.3) is 0 Å². The highest BCUT2D eigenvalue weighted by atomic mass is 19.1. The van der Waals surface area contributed by atoms with Gasteiger partial charge in [0.05, 0.1) is 12.7 Å². The average molecular weight is 352 g/mol. The number of aryl methyl sites for hydroxylation is 1. The zero-order chi connectivity index (χ0) is 18.2. The highest BCUT2D eigenvalue weighted by molar-refractivity contribution is 5.70. The molecule has 0 saturated heterocycles. The third-order valence-electron chi connectivity index (χ3n) is 3.83. The van der Waals surface area contributed by atoms with Gasteiger partial charge in [-0.25, -0.2) is 9.07 Å². The minimum atomic E-state index is -0.460. The first kappa shape index (κ1) is 17.7. The molecule has 0 fully saturated rings. The molecule has 0 spiro atoms. The second kappa shape index (κ2) is 8.80. The summed E-state index contributed by atoms with van der Waals surface area (Å²) in [6.45, 7) is 0.0588. The highest BCUT2D eigenvalue weighted by Crippen LogP contribution is 2.16. The van der Waals surface area contributed by atoms with Crippen molar-refractivity contribution in [3.63, 3.8) is 0 Å². The molecule has 2 aromatic carbocycles. The first-order valence-corrected chi connectivity index (χ1v) is 8.40. The van der Waals surface area contributed by atoms with E-state index in [1.165, 1.54) is 4.68 Å². The maximum atomic E-state index is 12.3. The van der Waals surface area contributed by atoms with Gasteiger partial charge in [-0.15, -0.1) is 5.10 Å². The van der Waals surface area contributed by atoms with Gasteiger partial charge in [-0.05, 0) is 35.4 Å². The van der Waals surface area contributed by atoms with Crippen molar-refractivity contribution in [2.24, 2.45) is 0 Å². The first-order chi connectivity index (χ1) is 12.8. The molecule has 0 bridgehead atoms. The van der Waals surface area contributed by atoms with Crippen molar-refractivity contribution in [1.82, 2.24) is 15.0 Å². The molecule has 3 rings (SSSR count). The summed E-state index contributed by atoms with van der Waals surface area (Å²) in [7, 11) is 1.90. The van der Waals surface area contributed by atoms with Crippen LogP contribution in [0.25, 0.3) is 12.2 Å². The SMILES string of the molecule is CNc1ccc(C=Cc2ccc(OCc3cn(CCF)nn3)cc2)cc1. The predicted molar refractivity (Wildman–Crippen MR) is 102 cm³/mol. The van der Waals surface area contributed by atoms with Gasteiger partial charge in [-0.3, -0.25) is 0 Å². The molecule has 0 aliphatic carbocycles. The van der Waals surface area contributed by atoms with Gasteiger partial charge in [0.2, 0.25) is 0 Å². The lowest BCUT2D eigenvalue weighted by Crippen LogP contribution is -1.99. The third kappa shape index (κ3) is 4.92. The van der Waals surface area contributed by atoms with Gasteiger partial charge < -0.3 is 10.1 Å². The van der Waals surface area contributed by atoms with Crippen LogP contribution in [0.15, 0.2) is 54.7 Å². The smallest absolute Gasteiger partial charge is 0.134 e. The minimum absolute atomic E-state index is 0.214. The number of nitrogens with zero attached hydrogens (tertiary/aromatic N) is 3. The molecule has 0 amide bonds. The van der Waals surface area contributed by atoms with Gasteiger partial charge in [0, 0.05) is 12.7 Å². The van der Waals surface area contributed by atoms with Crippen molar-refractivity contribution >= 4 is 17.8 Å². The summed E-state index contributed by atoms with van der Waals surface area (Å²) >= 11 is 0. The van der Waals surface area contributed by atoms with Crippen LogP contribution in [0.1, 0.15) is 16.8 Å². The molecule has 1 heterocycles. The second-order valence-corrected chi connectivity index (χ2v) is 5.72. The first-order valence-electron chi connectivity index (χ1n) is 8.40. The number of halogens is 1. The standard InChI is InChI=1S/C20H21FN4O/c1-22-18-8-4-16(5-9-18)2-3-17-6-10-20(11-7-17)26-15-19-14-25(13-12-21)24-23-19/h2-11,14,22H,12-13,15H2,1H3. The fourth-order valence-electron chi connectivity index (χ4n) is 2.39. The number of rotatable bonds is 8. The van der Waals surface area contributed by atoms with E-state index in [1.54, 1.807) is 6.20 Å². The Bertz CT molecular complexity index is 841. The summed E-state index contributed by atoms with van der Waals surface area (Å²) in [5.41, 5.74) is 3.99. The Morgan fingerprint density at radius 3 is 2.31 bits per heavy atom. The molecule has 1 aromatic heterocycles. The van der Waals surface area contributed by atoms with Crippen LogP contribution in [0, 0.1) is 0 Å². The van der Waals surface area contributed by atoms with Crippen molar-refractivity contribution in [3.8, 4) is 5.75 Å². The molecule has 1 N–H and O–H groups in total. The normalized spacial score (nSPS) is 11.0. The number of alkyl halides is 1. The van der Waals surface area contributed by atoms with E-state index in [4.69, 9.17) is 4.74 Å². The monoisotopic (exact) mass is 352 g/mol. The van der Waals surface area contributed by atoms with Crippen LogP contribution in [0.5, 0.6) is 5.75 Å². The van der Waals surface area contributed by atoms with Gasteiger partial charge in [-0.1, -0.05) is 41.6 Å². The molecule has 0 radical (unpaired) electrons. The zero-order valence-electron chi connectivity index (χ0n) is 14.6. The Morgan fingerprint density at radius 2 is 1.69 bits per heavy atom. The Labute approximate surface area is 152 Å². The summed E-state index contributed by atoms with van der Waals surface area (Å²) in [6.07, 6.45) is 5.81. The van der Waals surface area contributed by atoms with Crippen LogP contribution in [-0.2, 0) is 13.2 Å². The van der Waals surface area contributed by atoms with Crippen LogP contribution >= 0.6 is 0 Å². The fraction of sp³-hybridized carbons (Fsp3) is 0.200. The van der Waals surface area contributed by atoms with Gasteiger partial charge in [-0.2, -0.15) is 0 Å². The summed E-state index contributed by atoms with van der Waals surface area (Å²) in [4.78, 5) is 0. The Kier molecular flexibility index (Phi) is 5.98. The number of nitrogens with one attached hydrogen (secondary N) is 1. The summed E-state index contributed by atoms with van der Waals surface area (Å²) < 4.78 is 19.4. The third-order valence-corrected chi connectivity index (χ3v) is 3.83. The second-order valence-electron chi connectivity index (χ2n) is 5.72. The number of ether oxygens (including phenoxy) is 1. The number of anilines is 1. The van der Waals surface area contributed by atoms with E-state index in [9.17, 15) is 4.39 Å². The molecule has 0 atom stereocenters. The van der Waals surface area contributed by atoms with E-state index in [1.807, 2.05) is 43.4 Å². The van der Waals surface area contributed by atoms with Gasteiger partial charge in [0.1, 0.15) is 24.7 Å². The Morgan fingerprint density at radius 1 is 1.04 bits per heavy atom. The lowest BCUT2D eigenvalue weighted by molar-refractivity contribution is 0.301. The molecule has 3 aromatic rings. The van der Waals surface area contributed by atoms with Crippen LogP contribution in [0.4, 0.5) is 10.1 Å². The summed E-state index contributed by atoms with van der Waals surface area (Å²) in [6, 6.07) is 16.0. The van der Waals surface area contributed by atoms with Gasteiger partial charge in [0.15, 0.2) is 0 Å². The Hall–Kier alpha value is -3.15. The Balaban J connectivity index is 1.54. The van der Waals surface area contributed by atoms with Crippen molar-refractivity contribution in [3.05, 3.63) is 71.5 Å². The number of hydrogen-bond donors (Lipinski definition) is 1. The quantitative estimate of drug-likeness (QED) is 0.622. The molecule has 0 aliphatic heterocycles. The van der Waals surface area contributed by atoms with E-state index < -0.39 is 6.67 Å². The summed E-state index contributed by atoms with van der Waals surface area (Å²) in [5.74, 6) is 0.751. The van der Waals surface area contributed by atoms with E-state index in [-0.39, 0.29) is 6.54 Å². The van der Waals surface area contributed by atoms with E-state index in [2.05, 4.69) is 39.9 Å². The maximum absolute atomic E-state index is 12.3. The lowest BCUT2D eigenvalue weighted by atomic mass is 10.1. The largest absolute Gasteiger partial charge is 0.487 e. The van der Waals surface area contributed by atoms with E-state index in [0.717, 1.165) is 22.6 Å². The molecule has 6 heteroatoms. The van der Waals surface area contributed by atoms with E-state index >= 15 is 0 Å². The highest BCUT2D eigenvalue weighted by Gasteiger charge is 2.02. The van der Waals surface area contributed by atoms with Crippen molar-refractivity contribution in [2.75, 3.05) is 19.0 Å². The number of benzene rings is 2.